The number of amides is 3. The van der Waals surface area contributed by atoms with Gasteiger partial charge in [0.15, 0.2) is 0 Å². The van der Waals surface area contributed by atoms with Crippen LogP contribution in [0.4, 0.5) is 5.69 Å². The Hall–Kier alpha value is -4.55. The Morgan fingerprint density at radius 1 is 1.10 bits per heavy atom. The van der Waals surface area contributed by atoms with Crippen molar-refractivity contribution in [3.63, 3.8) is 0 Å². The summed E-state index contributed by atoms with van der Waals surface area (Å²) in [5.74, 6) is -2.08. The van der Waals surface area contributed by atoms with Gasteiger partial charge in [-0.1, -0.05) is 36.4 Å². The Bertz CT molecular complexity index is 1710. The van der Waals surface area contributed by atoms with E-state index in [1.54, 1.807) is 33.6 Å². The molecule has 1 aromatic heterocycles. The highest BCUT2D eigenvalue weighted by Gasteiger charge is 2.79. The lowest BCUT2D eigenvalue weighted by Gasteiger charge is -2.38. The van der Waals surface area contributed by atoms with Gasteiger partial charge >= 0.3 is 0 Å². The summed E-state index contributed by atoms with van der Waals surface area (Å²) in [4.78, 5) is 49.0. The highest BCUT2D eigenvalue weighted by atomic mass is 16.5. The van der Waals surface area contributed by atoms with Crippen molar-refractivity contribution in [1.29, 1.82) is 0 Å². The molecule has 254 valence electrons. The fraction of sp³-hybridized carbons (Fsp3) is 0.472. The summed E-state index contributed by atoms with van der Waals surface area (Å²) in [5, 5.41) is 18.9. The highest BCUT2D eigenvalue weighted by molar-refractivity contribution is 6.03. The number of para-hydroxylation sites is 1. The normalized spacial score (nSPS) is 26.4. The van der Waals surface area contributed by atoms with Crippen LogP contribution in [0.5, 0.6) is 5.75 Å². The van der Waals surface area contributed by atoms with E-state index in [9.17, 15) is 19.5 Å². The van der Waals surface area contributed by atoms with Crippen LogP contribution in [0.3, 0.4) is 0 Å². The van der Waals surface area contributed by atoms with Crippen LogP contribution in [0.2, 0.25) is 0 Å². The monoisotopic (exact) mass is 656 g/mol. The SMILES string of the molecule is C=CCN(Cn1nnc2ccccc21)C(=O)C1N([C@H](C)CO)C(=O)[C@@H]2[C@@H](C(=O)N(CC=C)c3ccc(OCC)cc3)[C@@]3(CC)CCC12O3. The minimum atomic E-state index is -1.27. The Morgan fingerprint density at radius 3 is 2.50 bits per heavy atom. The van der Waals surface area contributed by atoms with E-state index in [2.05, 4.69) is 23.5 Å². The molecule has 3 saturated heterocycles. The van der Waals surface area contributed by atoms with Crippen LogP contribution in [0, 0.1) is 11.8 Å². The van der Waals surface area contributed by atoms with Crippen molar-refractivity contribution in [2.45, 2.75) is 70.0 Å². The molecule has 1 spiro atoms. The van der Waals surface area contributed by atoms with Gasteiger partial charge in [-0.3, -0.25) is 14.4 Å². The number of nitrogens with zero attached hydrogens (tertiary/aromatic N) is 6. The molecule has 0 radical (unpaired) electrons. The van der Waals surface area contributed by atoms with Crippen molar-refractivity contribution >= 4 is 34.4 Å². The third-order valence-corrected chi connectivity index (χ3v) is 10.3. The molecule has 0 saturated carbocycles. The van der Waals surface area contributed by atoms with Gasteiger partial charge in [-0.25, -0.2) is 4.68 Å². The predicted molar refractivity (Wildman–Crippen MR) is 180 cm³/mol. The number of hydrogen-bond acceptors (Lipinski definition) is 8. The molecule has 6 rings (SSSR count). The smallest absolute Gasteiger partial charge is 0.250 e. The molecule has 6 atom stereocenters. The minimum Gasteiger partial charge on any atom is -0.494 e. The molecule has 3 aromatic rings. The number of anilines is 1. The van der Waals surface area contributed by atoms with E-state index in [1.165, 1.54) is 4.90 Å². The van der Waals surface area contributed by atoms with E-state index >= 15 is 0 Å². The average molecular weight is 657 g/mol. The fourth-order valence-electron chi connectivity index (χ4n) is 8.11. The maximum Gasteiger partial charge on any atom is 0.250 e. The lowest BCUT2D eigenvalue weighted by atomic mass is 9.64. The van der Waals surface area contributed by atoms with Crippen LogP contribution in [0.25, 0.3) is 11.0 Å². The first-order valence-electron chi connectivity index (χ1n) is 16.7. The van der Waals surface area contributed by atoms with Crippen LogP contribution >= 0.6 is 0 Å². The molecule has 1 N–H and O–H groups in total. The minimum absolute atomic E-state index is 0.0598. The molecular weight excluding hydrogens is 612 g/mol. The molecule has 3 aliphatic heterocycles. The fourth-order valence-corrected chi connectivity index (χ4v) is 8.11. The van der Waals surface area contributed by atoms with Gasteiger partial charge < -0.3 is 29.3 Å². The van der Waals surface area contributed by atoms with Gasteiger partial charge in [0.2, 0.25) is 17.7 Å². The molecular formula is C36H44N6O6. The first-order chi connectivity index (χ1) is 23.2. The van der Waals surface area contributed by atoms with E-state index < -0.39 is 35.1 Å². The van der Waals surface area contributed by atoms with E-state index in [4.69, 9.17) is 9.47 Å². The zero-order valence-electron chi connectivity index (χ0n) is 27.8. The molecule has 4 heterocycles. The van der Waals surface area contributed by atoms with Crippen LogP contribution in [-0.2, 0) is 25.8 Å². The predicted octanol–water partition coefficient (Wildman–Crippen LogP) is 3.56. The van der Waals surface area contributed by atoms with Crippen LogP contribution in [-0.4, -0.2) is 97.2 Å². The lowest BCUT2D eigenvalue weighted by molar-refractivity contribution is -0.156. The standard InChI is InChI=1S/C36H44N6O6/c1-6-20-39(23-41-28-13-11-10-12-27(28)37-38-41)34(46)31-36-19-18-35(8-3,48-36)29(30(36)33(45)42(31)24(5)22-43)32(44)40(21-7-2)25-14-16-26(17-15-25)47-9-4/h6-7,10-17,24,29-31,43H,1-2,8-9,18-23H2,3-5H3/t24-,29+,30+,31?,35-,36?/m1/s1. The van der Waals surface area contributed by atoms with Crippen molar-refractivity contribution < 1.29 is 29.0 Å². The third-order valence-electron chi connectivity index (χ3n) is 10.3. The highest BCUT2D eigenvalue weighted by Crippen LogP contribution is 2.65. The number of fused-ring (bicyclic) bond motifs is 2. The molecule has 12 heteroatoms. The summed E-state index contributed by atoms with van der Waals surface area (Å²) in [6.45, 7) is 14.0. The van der Waals surface area contributed by atoms with E-state index in [1.807, 2.05) is 62.4 Å². The Kier molecular flexibility index (Phi) is 9.14. The van der Waals surface area contributed by atoms with Crippen molar-refractivity contribution in [3.8, 4) is 5.75 Å². The summed E-state index contributed by atoms with van der Waals surface area (Å²) < 4.78 is 14.2. The summed E-state index contributed by atoms with van der Waals surface area (Å²) in [5.41, 5.74) is -0.128. The number of likely N-dealkylation sites (tertiary alicyclic amines) is 1. The number of aliphatic hydroxyl groups is 1. The van der Waals surface area contributed by atoms with Gasteiger partial charge in [-0.2, -0.15) is 0 Å². The molecule has 0 aliphatic carbocycles. The summed E-state index contributed by atoms with van der Waals surface area (Å²) in [7, 11) is 0. The molecule has 3 amide bonds. The Morgan fingerprint density at radius 2 is 1.83 bits per heavy atom. The van der Waals surface area contributed by atoms with Crippen molar-refractivity contribution in [3.05, 3.63) is 73.8 Å². The Balaban J connectivity index is 1.40. The zero-order valence-corrected chi connectivity index (χ0v) is 27.8. The van der Waals surface area contributed by atoms with Crippen LogP contribution < -0.4 is 9.64 Å². The van der Waals surface area contributed by atoms with E-state index in [0.29, 0.717) is 42.8 Å². The number of benzene rings is 2. The van der Waals surface area contributed by atoms with Crippen molar-refractivity contribution in [2.24, 2.45) is 11.8 Å². The molecule has 2 aromatic carbocycles. The first kappa shape index (κ1) is 33.4. The number of ether oxygens (including phenoxy) is 2. The maximum atomic E-state index is 14.9. The topological polar surface area (TPSA) is 130 Å². The number of carbonyl (C=O) groups is 3. The molecule has 12 nitrogen and oxygen atoms in total. The second-order valence-corrected chi connectivity index (χ2v) is 12.8. The van der Waals surface area contributed by atoms with Gasteiger partial charge in [-0.05, 0) is 69.5 Å². The van der Waals surface area contributed by atoms with Gasteiger partial charge in [0.1, 0.15) is 29.6 Å². The number of rotatable bonds is 14. The summed E-state index contributed by atoms with van der Waals surface area (Å²) in [6, 6.07) is 12.9. The number of hydrogen-bond donors (Lipinski definition) is 1. The van der Waals surface area contributed by atoms with Gasteiger partial charge in [0.05, 0.1) is 42.2 Å². The number of carbonyl (C=O) groups excluding carboxylic acids is 3. The van der Waals surface area contributed by atoms with Crippen LogP contribution in [0.1, 0.15) is 40.0 Å². The number of aromatic nitrogens is 3. The maximum absolute atomic E-state index is 14.9. The molecule has 2 bridgehead atoms. The lowest BCUT2D eigenvalue weighted by Crippen LogP contribution is -2.58. The Labute approximate surface area is 280 Å². The van der Waals surface area contributed by atoms with Crippen molar-refractivity contribution in [1.82, 2.24) is 24.8 Å². The van der Waals surface area contributed by atoms with E-state index in [0.717, 1.165) is 5.52 Å². The number of aliphatic hydroxyl groups excluding tert-OH is 1. The second kappa shape index (κ2) is 13.2. The quantitative estimate of drug-likeness (QED) is 0.261. The van der Waals surface area contributed by atoms with Gasteiger partial charge in [0, 0.05) is 18.8 Å². The van der Waals surface area contributed by atoms with Crippen LogP contribution in [0.15, 0.2) is 73.8 Å². The van der Waals surface area contributed by atoms with Gasteiger partial charge in [-0.15, -0.1) is 18.3 Å². The zero-order chi connectivity index (χ0) is 34.2. The molecule has 2 unspecified atom stereocenters. The first-order valence-corrected chi connectivity index (χ1v) is 16.7. The second-order valence-electron chi connectivity index (χ2n) is 12.8. The largest absolute Gasteiger partial charge is 0.494 e. The van der Waals surface area contributed by atoms with Gasteiger partial charge in [0.25, 0.3) is 0 Å². The van der Waals surface area contributed by atoms with Crippen molar-refractivity contribution in [2.75, 3.05) is 31.2 Å². The molecule has 48 heavy (non-hydrogen) atoms. The molecule has 3 aliphatic rings. The van der Waals surface area contributed by atoms with E-state index in [-0.39, 0.29) is 44.1 Å². The average Bonchev–Trinajstić information content (AvgIpc) is 3.83. The summed E-state index contributed by atoms with van der Waals surface area (Å²) >= 11 is 0. The summed E-state index contributed by atoms with van der Waals surface area (Å²) in [6.07, 6.45) is 4.69. The molecule has 3 fully saturated rings. The third kappa shape index (κ3) is 5.18.